The van der Waals surface area contributed by atoms with Crippen LogP contribution in [0.4, 0.5) is 0 Å². The lowest BCUT2D eigenvalue weighted by atomic mass is 9.50. The number of halogens is 5. The van der Waals surface area contributed by atoms with Gasteiger partial charge in [-0.1, -0.05) is 65.7 Å². The quantitative estimate of drug-likeness (QED) is 0.171. The van der Waals surface area contributed by atoms with Crippen molar-refractivity contribution in [2.75, 3.05) is 7.11 Å². The van der Waals surface area contributed by atoms with Crippen molar-refractivity contribution in [1.82, 2.24) is 0 Å². The van der Waals surface area contributed by atoms with E-state index in [9.17, 15) is 4.79 Å². The number of hydrogen-bond acceptors (Lipinski definition) is 3. The van der Waals surface area contributed by atoms with Gasteiger partial charge in [-0.2, -0.15) is 0 Å². The summed E-state index contributed by atoms with van der Waals surface area (Å²) >= 11 is 33.9. The summed E-state index contributed by atoms with van der Waals surface area (Å²) in [5, 5.41) is 0.604. The van der Waals surface area contributed by atoms with Crippen LogP contribution in [0, 0.1) is 0 Å². The summed E-state index contributed by atoms with van der Waals surface area (Å²) < 4.78 is 10.8. The Kier molecular flexibility index (Phi) is 6.31. The summed E-state index contributed by atoms with van der Waals surface area (Å²) in [6.45, 7) is 0. The Morgan fingerprint density at radius 2 is 1.34 bits per heavy atom. The second-order valence-corrected chi connectivity index (χ2v) is 11.3. The molecule has 180 valence electrons. The maximum Gasteiger partial charge on any atom is 0.343 e. The molecule has 2 aliphatic rings. The Bertz CT molecular complexity index is 1310. The summed E-state index contributed by atoms with van der Waals surface area (Å²) in [7, 11) is 1.60. The van der Waals surface area contributed by atoms with Crippen molar-refractivity contribution in [2.24, 2.45) is 0 Å². The van der Waals surface area contributed by atoms with E-state index in [-0.39, 0.29) is 5.03 Å². The summed E-state index contributed by atoms with van der Waals surface area (Å²) in [4.78, 5) is 9.15. The van der Waals surface area contributed by atoms with E-state index in [0.29, 0.717) is 28.5 Å². The maximum atomic E-state index is 12.4. The van der Waals surface area contributed by atoms with Gasteiger partial charge in [0.1, 0.15) is 21.2 Å². The average Bonchev–Trinajstić information content (AvgIpc) is 2.89. The Labute approximate surface area is 228 Å². The zero-order valence-electron chi connectivity index (χ0n) is 18.4. The highest BCUT2D eigenvalue weighted by molar-refractivity contribution is 6.60. The number of fused-ring (bicyclic) bond motifs is 1. The van der Waals surface area contributed by atoms with Crippen LogP contribution in [-0.4, -0.2) is 27.7 Å². The molecule has 8 heteroatoms. The molecule has 3 nitrogen and oxygen atoms in total. The highest BCUT2D eigenvalue weighted by Crippen LogP contribution is 2.79. The minimum absolute atomic E-state index is 0.268. The normalized spacial score (nSPS) is 27.8. The van der Waals surface area contributed by atoms with Crippen LogP contribution in [0.1, 0.15) is 33.8 Å². The molecule has 3 aromatic rings. The van der Waals surface area contributed by atoms with Crippen molar-refractivity contribution >= 4 is 64.0 Å². The van der Waals surface area contributed by atoms with Crippen molar-refractivity contribution in [3.05, 3.63) is 106 Å². The Hall–Kier alpha value is -1.88. The maximum absolute atomic E-state index is 12.4. The number of hydrogen-bond donors (Lipinski definition) is 0. The standard InChI is InChI=1S/C27H19Cl5O3/c1-34-19-11-7-16(8-12-19)21(25(30)15-26(31)22(28)23(29)27(25,26)32)17-9-13-20(14-10-17)35-24(33)18-5-3-2-4-6-18/h2-14,21H,15H2,1H3. The molecule has 0 bridgehead atoms. The van der Waals surface area contributed by atoms with Crippen LogP contribution in [0.15, 0.2) is 88.9 Å². The number of methoxy groups -OCH3 is 1. The Morgan fingerprint density at radius 1 is 0.800 bits per heavy atom. The van der Waals surface area contributed by atoms with Crippen LogP contribution in [0.2, 0.25) is 0 Å². The average molecular weight is 569 g/mol. The first-order valence-corrected chi connectivity index (χ1v) is 12.7. The predicted octanol–water partition coefficient (Wildman–Crippen LogP) is 8.09. The third-order valence-electron chi connectivity index (χ3n) is 6.80. The second kappa shape index (κ2) is 8.90. The Balaban J connectivity index is 1.50. The number of esters is 1. The summed E-state index contributed by atoms with van der Waals surface area (Å²) in [6.07, 6.45) is 0.323. The van der Waals surface area contributed by atoms with E-state index in [2.05, 4.69) is 0 Å². The molecule has 0 spiro atoms. The number of ether oxygens (including phenoxy) is 2. The summed E-state index contributed by atoms with van der Waals surface area (Å²) in [5.41, 5.74) is 2.23. The van der Waals surface area contributed by atoms with Crippen molar-refractivity contribution in [2.45, 2.75) is 27.0 Å². The van der Waals surface area contributed by atoms with E-state index < -0.39 is 26.5 Å². The lowest BCUT2D eigenvalue weighted by Gasteiger charge is -2.70. The molecule has 1 fully saturated rings. The highest BCUT2D eigenvalue weighted by Gasteiger charge is 2.83. The van der Waals surface area contributed by atoms with E-state index in [1.54, 1.807) is 43.5 Å². The largest absolute Gasteiger partial charge is 0.497 e. The van der Waals surface area contributed by atoms with Gasteiger partial charge in [-0.05, 0) is 53.9 Å². The van der Waals surface area contributed by atoms with Gasteiger partial charge in [0.2, 0.25) is 0 Å². The molecular formula is C27H19Cl5O3. The fourth-order valence-electron chi connectivity index (χ4n) is 4.96. The number of carbonyl (C=O) groups excluding carboxylic acids is 1. The summed E-state index contributed by atoms with van der Waals surface area (Å²) in [5.74, 6) is 0.289. The van der Waals surface area contributed by atoms with Gasteiger partial charge in [-0.25, -0.2) is 4.79 Å². The van der Waals surface area contributed by atoms with Crippen LogP contribution in [-0.2, 0) is 0 Å². The molecule has 4 unspecified atom stereocenters. The van der Waals surface area contributed by atoms with Gasteiger partial charge in [0.25, 0.3) is 0 Å². The van der Waals surface area contributed by atoms with Gasteiger partial charge in [0.05, 0.1) is 27.6 Å². The lowest BCUT2D eigenvalue weighted by molar-refractivity contribution is 0.0734. The minimum Gasteiger partial charge on any atom is -0.497 e. The molecule has 0 heterocycles. The van der Waals surface area contributed by atoms with Crippen LogP contribution in [0.5, 0.6) is 11.5 Å². The zero-order valence-corrected chi connectivity index (χ0v) is 22.2. The molecule has 5 rings (SSSR count). The third-order valence-corrected chi connectivity index (χ3v) is 10.4. The first kappa shape index (κ1) is 24.8. The first-order valence-electron chi connectivity index (χ1n) is 10.8. The number of allylic oxidation sites excluding steroid dienone is 2. The first-order chi connectivity index (χ1) is 16.7. The molecule has 0 aliphatic heterocycles. The van der Waals surface area contributed by atoms with E-state index in [1.165, 1.54) is 0 Å². The van der Waals surface area contributed by atoms with Gasteiger partial charge in [0, 0.05) is 5.92 Å². The molecule has 1 saturated carbocycles. The molecule has 35 heavy (non-hydrogen) atoms. The third kappa shape index (κ3) is 3.59. The van der Waals surface area contributed by atoms with Crippen molar-refractivity contribution < 1.29 is 14.3 Å². The lowest BCUT2D eigenvalue weighted by Crippen LogP contribution is -2.79. The number of carbonyl (C=O) groups is 1. The molecule has 0 amide bonds. The number of alkyl halides is 3. The van der Waals surface area contributed by atoms with Gasteiger partial charge in [-0.15, -0.1) is 34.8 Å². The van der Waals surface area contributed by atoms with Gasteiger partial charge in [0.15, 0.2) is 0 Å². The van der Waals surface area contributed by atoms with Crippen molar-refractivity contribution in [3.63, 3.8) is 0 Å². The molecule has 0 aromatic heterocycles. The zero-order chi connectivity index (χ0) is 25.0. The van der Waals surface area contributed by atoms with E-state index in [1.807, 2.05) is 42.5 Å². The van der Waals surface area contributed by atoms with Crippen LogP contribution >= 0.6 is 58.0 Å². The van der Waals surface area contributed by atoms with E-state index >= 15 is 0 Å². The second-order valence-electron chi connectivity index (χ2n) is 8.66. The van der Waals surface area contributed by atoms with Gasteiger partial charge in [-0.3, -0.25) is 0 Å². The van der Waals surface area contributed by atoms with E-state index in [4.69, 9.17) is 67.5 Å². The Morgan fingerprint density at radius 3 is 1.86 bits per heavy atom. The fraction of sp³-hybridized carbons (Fsp3) is 0.222. The van der Waals surface area contributed by atoms with Crippen LogP contribution < -0.4 is 9.47 Å². The van der Waals surface area contributed by atoms with Crippen molar-refractivity contribution in [1.29, 1.82) is 0 Å². The number of benzene rings is 3. The molecule has 2 aliphatic carbocycles. The topological polar surface area (TPSA) is 35.5 Å². The van der Waals surface area contributed by atoms with Crippen LogP contribution in [0.25, 0.3) is 0 Å². The minimum atomic E-state index is -1.23. The SMILES string of the molecule is COc1ccc(C(c2ccc(OC(=O)c3ccccc3)cc2)C2(Cl)CC3(Cl)C(Cl)=C(Cl)C32Cl)cc1. The summed E-state index contributed by atoms with van der Waals surface area (Å²) in [6, 6.07) is 23.6. The smallest absolute Gasteiger partial charge is 0.343 e. The monoisotopic (exact) mass is 566 g/mol. The van der Waals surface area contributed by atoms with Gasteiger partial charge >= 0.3 is 5.97 Å². The molecule has 0 radical (unpaired) electrons. The van der Waals surface area contributed by atoms with Crippen LogP contribution in [0.3, 0.4) is 0 Å². The molecule has 0 saturated heterocycles. The molecule has 3 aromatic carbocycles. The molecule has 0 N–H and O–H groups in total. The highest BCUT2D eigenvalue weighted by atomic mass is 35.5. The fourth-order valence-corrected chi connectivity index (χ4v) is 7.86. The molecular weight excluding hydrogens is 550 g/mol. The number of rotatable bonds is 6. The molecule has 4 atom stereocenters. The van der Waals surface area contributed by atoms with E-state index in [0.717, 1.165) is 11.1 Å². The van der Waals surface area contributed by atoms with Crippen molar-refractivity contribution in [3.8, 4) is 11.5 Å². The predicted molar refractivity (Wildman–Crippen MR) is 142 cm³/mol. The van der Waals surface area contributed by atoms with Gasteiger partial charge < -0.3 is 9.47 Å².